The maximum atomic E-state index is 12.5. The van der Waals surface area contributed by atoms with Gasteiger partial charge in [-0.05, 0) is 33.6 Å². The Morgan fingerprint density at radius 2 is 1.71 bits per heavy atom. The van der Waals surface area contributed by atoms with E-state index >= 15 is 0 Å². The van der Waals surface area contributed by atoms with Gasteiger partial charge in [0.05, 0.1) is 4.75 Å². The van der Waals surface area contributed by atoms with E-state index < -0.39 is 14.8 Å². The molecule has 17 heavy (non-hydrogen) atoms. The Hall–Kier alpha value is 0.390. The number of rotatable bonds is 4. The Kier molecular flexibility index (Phi) is 5.47. The van der Waals surface area contributed by atoms with Crippen molar-refractivity contribution in [1.29, 1.82) is 0 Å². The predicted octanol–water partition coefficient (Wildman–Crippen LogP) is 3.14. The third kappa shape index (κ3) is 3.67. The third-order valence-electron chi connectivity index (χ3n) is 3.37. The smallest absolute Gasteiger partial charge is 0.212 e. The van der Waals surface area contributed by atoms with Gasteiger partial charge in [0.15, 0.2) is 0 Å². The van der Waals surface area contributed by atoms with E-state index in [-0.39, 0.29) is 6.04 Å². The predicted molar refractivity (Wildman–Crippen MR) is 76.0 cm³/mol. The molecule has 1 aliphatic rings. The van der Waals surface area contributed by atoms with E-state index in [1.54, 1.807) is 25.1 Å². The van der Waals surface area contributed by atoms with Crippen molar-refractivity contribution in [3.8, 4) is 0 Å². The summed E-state index contributed by atoms with van der Waals surface area (Å²) in [4.78, 5) is 0. The molecule has 0 unspecified atom stereocenters. The summed E-state index contributed by atoms with van der Waals surface area (Å²) < 4.78 is 26.1. The van der Waals surface area contributed by atoms with Crippen LogP contribution in [0.25, 0.3) is 0 Å². The first-order chi connectivity index (χ1) is 7.80. The van der Waals surface area contributed by atoms with Crippen LogP contribution in [-0.4, -0.2) is 35.4 Å². The number of hydrogen-bond acceptors (Lipinski definition) is 2. The second-order valence-electron chi connectivity index (χ2n) is 5.71. The molecular formula is C12H24BrNO2S. The van der Waals surface area contributed by atoms with Crippen molar-refractivity contribution in [3.05, 3.63) is 0 Å². The maximum absolute atomic E-state index is 12.5. The van der Waals surface area contributed by atoms with Crippen LogP contribution in [0.1, 0.15) is 52.9 Å². The summed E-state index contributed by atoms with van der Waals surface area (Å²) in [6.45, 7) is 5.94. The Labute approximate surface area is 114 Å². The van der Waals surface area contributed by atoms with Gasteiger partial charge in [0.2, 0.25) is 10.0 Å². The van der Waals surface area contributed by atoms with Crippen molar-refractivity contribution >= 4 is 26.0 Å². The zero-order chi connectivity index (χ0) is 13.1. The van der Waals surface area contributed by atoms with Crippen molar-refractivity contribution in [2.75, 3.05) is 11.9 Å². The van der Waals surface area contributed by atoms with E-state index in [0.29, 0.717) is 11.9 Å². The van der Waals surface area contributed by atoms with E-state index in [4.69, 9.17) is 0 Å². The highest BCUT2D eigenvalue weighted by Gasteiger charge is 2.38. The molecule has 0 bridgehead atoms. The van der Waals surface area contributed by atoms with Crippen molar-refractivity contribution in [2.45, 2.75) is 63.7 Å². The molecule has 0 radical (unpaired) electrons. The number of nitrogens with zero attached hydrogens (tertiary/aromatic N) is 1. The molecule has 1 saturated carbocycles. The van der Waals surface area contributed by atoms with Gasteiger partial charge in [0.1, 0.15) is 0 Å². The van der Waals surface area contributed by atoms with Crippen LogP contribution in [0.4, 0.5) is 0 Å². The fraction of sp³-hybridized carbons (Fsp3) is 1.00. The average Bonchev–Trinajstić information content (AvgIpc) is 2.25. The lowest BCUT2D eigenvalue weighted by atomic mass is 9.95. The zero-order valence-corrected chi connectivity index (χ0v) is 13.5. The number of alkyl halides is 1. The average molecular weight is 326 g/mol. The molecular weight excluding hydrogens is 302 g/mol. The van der Waals surface area contributed by atoms with Crippen LogP contribution in [0.5, 0.6) is 0 Å². The Bertz CT molecular complexity index is 329. The molecule has 5 heteroatoms. The molecule has 0 spiro atoms. The molecule has 0 aromatic rings. The Morgan fingerprint density at radius 3 is 2.12 bits per heavy atom. The minimum Gasteiger partial charge on any atom is -0.212 e. The van der Waals surface area contributed by atoms with Gasteiger partial charge in [-0.15, -0.1) is 0 Å². The molecule has 1 aliphatic carbocycles. The van der Waals surface area contributed by atoms with Gasteiger partial charge in [-0.2, -0.15) is 4.31 Å². The summed E-state index contributed by atoms with van der Waals surface area (Å²) in [6, 6.07) is 0.213. The van der Waals surface area contributed by atoms with Gasteiger partial charge >= 0.3 is 0 Å². The van der Waals surface area contributed by atoms with E-state index in [9.17, 15) is 8.42 Å². The van der Waals surface area contributed by atoms with Gasteiger partial charge in [-0.3, -0.25) is 0 Å². The van der Waals surface area contributed by atoms with Crippen molar-refractivity contribution in [2.24, 2.45) is 0 Å². The lowest BCUT2D eigenvalue weighted by molar-refractivity contribution is 0.257. The fourth-order valence-electron chi connectivity index (χ4n) is 2.30. The summed E-state index contributed by atoms with van der Waals surface area (Å²) in [5.41, 5.74) is 0. The van der Waals surface area contributed by atoms with Crippen LogP contribution >= 0.6 is 15.9 Å². The van der Waals surface area contributed by atoms with Crippen LogP contribution in [0.15, 0.2) is 0 Å². The first-order valence-corrected chi connectivity index (χ1v) is 8.94. The van der Waals surface area contributed by atoms with E-state index in [1.165, 1.54) is 6.42 Å². The number of hydrogen-bond donors (Lipinski definition) is 0. The van der Waals surface area contributed by atoms with Crippen molar-refractivity contribution < 1.29 is 8.42 Å². The minimum atomic E-state index is -3.20. The highest BCUT2D eigenvalue weighted by molar-refractivity contribution is 9.09. The third-order valence-corrected chi connectivity index (χ3v) is 6.37. The largest absolute Gasteiger partial charge is 0.219 e. The molecule has 102 valence electrons. The second kappa shape index (κ2) is 6.02. The maximum Gasteiger partial charge on any atom is 0.219 e. The van der Waals surface area contributed by atoms with Gasteiger partial charge in [0, 0.05) is 17.9 Å². The SMILES string of the molecule is CC(C)(C)S(=O)(=O)N(CCBr)C1CCCCC1. The quantitative estimate of drug-likeness (QED) is 0.744. The number of halogens is 1. The summed E-state index contributed by atoms with van der Waals surface area (Å²) in [5.74, 6) is 0. The molecule has 3 nitrogen and oxygen atoms in total. The highest BCUT2D eigenvalue weighted by Crippen LogP contribution is 2.29. The summed E-state index contributed by atoms with van der Waals surface area (Å²) in [6.07, 6.45) is 5.59. The summed E-state index contributed by atoms with van der Waals surface area (Å²) in [5, 5.41) is 0.707. The molecule has 0 amide bonds. The molecule has 0 N–H and O–H groups in total. The first kappa shape index (κ1) is 15.4. The summed E-state index contributed by atoms with van der Waals surface area (Å²) >= 11 is 3.37. The first-order valence-electron chi connectivity index (χ1n) is 6.38. The standard InChI is InChI=1S/C12H24BrNO2S/c1-12(2,3)17(15,16)14(10-9-13)11-7-5-4-6-8-11/h11H,4-10H2,1-3H3. The summed E-state index contributed by atoms with van der Waals surface area (Å²) in [7, 11) is -3.20. The molecule has 0 saturated heterocycles. The van der Waals surface area contributed by atoms with Gasteiger partial charge < -0.3 is 0 Å². The van der Waals surface area contributed by atoms with Crippen LogP contribution in [0.3, 0.4) is 0 Å². The molecule has 0 aromatic carbocycles. The number of sulfonamides is 1. The molecule has 1 fully saturated rings. The lowest BCUT2D eigenvalue weighted by Crippen LogP contribution is -2.49. The van der Waals surface area contributed by atoms with Gasteiger partial charge in [0.25, 0.3) is 0 Å². The Morgan fingerprint density at radius 1 is 1.18 bits per heavy atom. The monoisotopic (exact) mass is 325 g/mol. The topological polar surface area (TPSA) is 37.4 Å². The van der Waals surface area contributed by atoms with E-state index in [0.717, 1.165) is 25.7 Å². The molecule has 0 aromatic heterocycles. The van der Waals surface area contributed by atoms with E-state index in [1.807, 2.05) is 0 Å². The van der Waals surface area contributed by atoms with E-state index in [2.05, 4.69) is 15.9 Å². The van der Waals surface area contributed by atoms with Gasteiger partial charge in [-0.25, -0.2) is 8.42 Å². The normalized spacial score (nSPS) is 19.8. The molecule has 0 heterocycles. The fourth-order valence-corrected chi connectivity index (χ4v) is 4.56. The highest BCUT2D eigenvalue weighted by atomic mass is 79.9. The van der Waals surface area contributed by atoms with Crippen molar-refractivity contribution in [1.82, 2.24) is 4.31 Å². The Balaban J connectivity index is 2.92. The second-order valence-corrected chi connectivity index (χ2v) is 9.15. The lowest BCUT2D eigenvalue weighted by Gasteiger charge is -2.37. The van der Waals surface area contributed by atoms with Crippen LogP contribution in [0, 0.1) is 0 Å². The van der Waals surface area contributed by atoms with Crippen molar-refractivity contribution in [3.63, 3.8) is 0 Å². The van der Waals surface area contributed by atoms with Gasteiger partial charge in [-0.1, -0.05) is 35.2 Å². The molecule has 0 atom stereocenters. The van der Waals surface area contributed by atoms with Crippen LogP contribution in [-0.2, 0) is 10.0 Å². The molecule has 1 rings (SSSR count). The van der Waals surface area contributed by atoms with Crippen LogP contribution in [0.2, 0.25) is 0 Å². The minimum absolute atomic E-state index is 0.213. The van der Waals surface area contributed by atoms with Crippen LogP contribution < -0.4 is 0 Å². The zero-order valence-electron chi connectivity index (χ0n) is 11.1. The molecule has 0 aliphatic heterocycles.